The summed E-state index contributed by atoms with van der Waals surface area (Å²) in [5.41, 5.74) is 8.45. The van der Waals surface area contributed by atoms with Gasteiger partial charge in [0.15, 0.2) is 0 Å². The molecule has 0 aliphatic carbocycles. The summed E-state index contributed by atoms with van der Waals surface area (Å²) in [4.78, 5) is 22.2. The molecule has 6 rings (SSSR count). The van der Waals surface area contributed by atoms with Crippen LogP contribution in [0.2, 0.25) is 0 Å². The van der Waals surface area contributed by atoms with Crippen molar-refractivity contribution in [1.82, 2.24) is 30.2 Å². The monoisotopic (exact) mass is 439 g/mol. The van der Waals surface area contributed by atoms with Gasteiger partial charge in [-0.3, -0.25) is 4.90 Å². The number of hydrogen-bond donors (Lipinski definition) is 2. The zero-order chi connectivity index (χ0) is 22.7. The number of aromatic nitrogens is 4. The number of pyridine rings is 1. The van der Waals surface area contributed by atoms with Gasteiger partial charge in [-0.2, -0.15) is 0 Å². The lowest BCUT2D eigenvalue weighted by molar-refractivity contribution is 0.250. The minimum atomic E-state index is 0. The van der Waals surface area contributed by atoms with Gasteiger partial charge in [-0.15, -0.1) is 0 Å². The molecule has 168 valence electrons. The van der Waals surface area contributed by atoms with Crippen molar-refractivity contribution in [3.63, 3.8) is 0 Å². The van der Waals surface area contributed by atoms with Crippen molar-refractivity contribution >= 4 is 33.3 Å². The smallest absolute Gasteiger partial charge is 0.140 e. The molecule has 1 atom stereocenters. The summed E-state index contributed by atoms with van der Waals surface area (Å²) >= 11 is 0. The molecule has 2 N–H and O–H groups in total. The van der Waals surface area contributed by atoms with E-state index in [9.17, 15) is 0 Å². The lowest BCUT2D eigenvalue weighted by Gasteiger charge is -2.42. The van der Waals surface area contributed by atoms with Crippen molar-refractivity contribution in [2.45, 2.75) is 13.0 Å². The molecule has 1 fully saturated rings. The van der Waals surface area contributed by atoms with Gasteiger partial charge in [0.05, 0.1) is 11.6 Å². The Bertz CT molecular complexity index is 1450. The molecule has 5 heterocycles. The normalized spacial score (nSPS) is 20.2. The highest BCUT2D eigenvalue weighted by Gasteiger charge is 2.31. The van der Waals surface area contributed by atoms with Crippen molar-refractivity contribution < 1.29 is 1.43 Å². The summed E-state index contributed by atoms with van der Waals surface area (Å²) in [6.07, 6.45) is 5.67. The first-order chi connectivity index (χ1) is 16.0. The molecule has 0 saturated carbocycles. The number of rotatable bonds is 1. The van der Waals surface area contributed by atoms with E-state index in [-0.39, 0.29) is 7.47 Å². The van der Waals surface area contributed by atoms with Crippen molar-refractivity contribution in [1.29, 1.82) is 0 Å². The standard InChI is InChI=1S/C26H27N7.H2/c1-15-23-13-33(8-7-32(23)4)26-20-9-17(5-6-22(20)30-14-31-26)21-12-29-25-19(21)10-18(11-28-25)24(15)16(2)27-3;/h5-6,9-12,14,23,27H,1,7-8,13H2,2-4H3,(H,28,29);1H/b24-16+;. The van der Waals surface area contributed by atoms with Crippen LogP contribution in [0.25, 0.3) is 38.6 Å². The van der Waals surface area contributed by atoms with E-state index in [1.165, 1.54) is 0 Å². The Morgan fingerprint density at radius 2 is 2.00 bits per heavy atom. The molecule has 7 nitrogen and oxygen atoms in total. The molecule has 1 unspecified atom stereocenters. The third-order valence-corrected chi connectivity index (χ3v) is 7.17. The van der Waals surface area contributed by atoms with Crippen molar-refractivity contribution in [3.05, 3.63) is 66.4 Å². The third-order valence-electron chi connectivity index (χ3n) is 7.17. The molecule has 0 amide bonds. The number of benzene rings is 1. The van der Waals surface area contributed by atoms with E-state index in [1.807, 2.05) is 19.4 Å². The van der Waals surface area contributed by atoms with Crippen LogP contribution in [-0.4, -0.2) is 64.6 Å². The number of anilines is 1. The Balaban J connectivity index is 0.00000241. The van der Waals surface area contributed by atoms with Gasteiger partial charge in [0.2, 0.25) is 0 Å². The molecule has 0 radical (unpaired) electrons. The second-order valence-electron chi connectivity index (χ2n) is 8.97. The van der Waals surface area contributed by atoms with E-state index in [2.05, 4.69) is 69.9 Å². The molecule has 0 spiro atoms. The zero-order valence-corrected chi connectivity index (χ0v) is 19.2. The lowest BCUT2D eigenvalue weighted by Crippen LogP contribution is -2.52. The Morgan fingerprint density at radius 1 is 1.15 bits per heavy atom. The van der Waals surface area contributed by atoms with E-state index in [0.717, 1.165) is 80.9 Å². The summed E-state index contributed by atoms with van der Waals surface area (Å²) in [7, 11) is 4.14. The maximum Gasteiger partial charge on any atom is 0.140 e. The first-order valence-corrected chi connectivity index (χ1v) is 11.3. The summed E-state index contributed by atoms with van der Waals surface area (Å²) in [6.45, 7) is 9.38. The van der Waals surface area contributed by atoms with Gasteiger partial charge in [-0.1, -0.05) is 12.6 Å². The Labute approximate surface area is 194 Å². The van der Waals surface area contributed by atoms with Crippen molar-refractivity contribution in [3.8, 4) is 11.1 Å². The third kappa shape index (κ3) is 3.03. The maximum absolute atomic E-state index is 4.77. The Hall–Kier alpha value is -3.71. The van der Waals surface area contributed by atoms with Crippen LogP contribution in [0.5, 0.6) is 0 Å². The van der Waals surface area contributed by atoms with Gasteiger partial charge >= 0.3 is 0 Å². The average Bonchev–Trinajstić information content (AvgIpc) is 3.26. The highest BCUT2D eigenvalue weighted by Crippen LogP contribution is 2.37. The minimum absolute atomic E-state index is 0. The number of piperazine rings is 1. The number of likely N-dealkylation sites (N-methyl/N-ethyl adjacent to an activating group) is 1. The van der Waals surface area contributed by atoms with Crippen molar-refractivity contribution in [2.24, 2.45) is 0 Å². The minimum Gasteiger partial charge on any atom is -0.391 e. The summed E-state index contributed by atoms with van der Waals surface area (Å²) < 4.78 is 0. The predicted octanol–water partition coefficient (Wildman–Crippen LogP) is 4.06. The van der Waals surface area contributed by atoms with E-state index >= 15 is 0 Å². The van der Waals surface area contributed by atoms with Crippen LogP contribution < -0.4 is 10.2 Å². The topological polar surface area (TPSA) is 73.0 Å². The first kappa shape index (κ1) is 19.9. The highest BCUT2D eigenvalue weighted by molar-refractivity contribution is 6.00. The van der Waals surface area contributed by atoms with E-state index in [1.54, 1.807) is 6.33 Å². The maximum atomic E-state index is 4.77. The predicted molar refractivity (Wildman–Crippen MR) is 136 cm³/mol. The largest absolute Gasteiger partial charge is 0.391 e. The number of aromatic amines is 1. The van der Waals surface area contributed by atoms with E-state index < -0.39 is 0 Å². The van der Waals surface area contributed by atoms with Gasteiger partial charge in [-0.05, 0) is 43.3 Å². The SMILES string of the molecule is C=C1/C(=C(/C)NC)c2cnc3[nH]cc(c3c2)-c2ccc3ncnc(c3c2)N2CCN(C)C1C2.[HH]. The van der Waals surface area contributed by atoms with Crippen LogP contribution in [0, 0.1) is 0 Å². The fraction of sp³-hybridized carbons (Fsp3) is 0.269. The van der Waals surface area contributed by atoms with Crippen LogP contribution in [-0.2, 0) is 0 Å². The summed E-state index contributed by atoms with van der Waals surface area (Å²) in [5.74, 6) is 0.986. The molecule has 7 heteroatoms. The average molecular weight is 440 g/mol. The summed E-state index contributed by atoms with van der Waals surface area (Å²) in [6, 6.07) is 8.83. The van der Waals surface area contributed by atoms with Gasteiger partial charge in [0.1, 0.15) is 17.8 Å². The number of hydrogen-bond acceptors (Lipinski definition) is 6. The van der Waals surface area contributed by atoms with Crippen LogP contribution in [0.15, 0.2) is 60.8 Å². The molecule has 1 aromatic carbocycles. The second-order valence-corrected chi connectivity index (χ2v) is 8.97. The molecule has 2 aliphatic heterocycles. The molecular weight excluding hydrogens is 410 g/mol. The number of nitrogens with one attached hydrogen (secondary N) is 2. The second kappa shape index (κ2) is 7.42. The first-order valence-electron chi connectivity index (χ1n) is 11.3. The Kier molecular flexibility index (Phi) is 4.48. The fourth-order valence-corrected chi connectivity index (χ4v) is 5.22. The summed E-state index contributed by atoms with van der Waals surface area (Å²) in [5, 5.41) is 5.52. The molecule has 1 saturated heterocycles. The van der Waals surface area contributed by atoms with E-state index in [4.69, 9.17) is 9.97 Å². The number of allylic oxidation sites excluding steroid dienone is 1. The van der Waals surface area contributed by atoms with Crippen molar-refractivity contribution in [2.75, 3.05) is 38.6 Å². The van der Waals surface area contributed by atoms with E-state index in [0.29, 0.717) is 0 Å². The molecular formula is C26H29N7. The van der Waals surface area contributed by atoms with Gasteiger partial charge < -0.3 is 15.2 Å². The van der Waals surface area contributed by atoms with Crippen LogP contribution in [0.4, 0.5) is 5.82 Å². The lowest BCUT2D eigenvalue weighted by atomic mass is 9.90. The zero-order valence-electron chi connectivity index (χ0n) is 19.2. The quantitative estimate of drug-likeness (QED) is 0.466. The molecule has 6 bridgehead atoms. The Morgan fingerprint density at radius 3 is 2.85 bits per heavy atom. The van der Waals surface area contributed by atoms with Gasteiger partial charge in [0.25, 0.3) is 0 Å². The van der Waals surface area contributed by atoms with Gasteiger partial charge in [-0.25, -0.2) is 15.0 Å². The highest BCUT2D eigenvalue weighted by atomic mass is 15.3. The van der Waals surface area contributed by atoms with Crippen LogP contribution in [0.3, 0.4) is 0 Å². The molecule has 4 aromatic rings. The van der Waals surface area contributed by atoms with Gasteiger partial charge in [0, 0.05) is 73.7 Å². The molecule has 33 heavy (non-hydrogen) atoms. The van der Waals surface area contributed by atoms with Crippen LogP contribution in [0.1, 0.15) is 13.9 Å². The number of nitrogens with zero attached hydrogens (tertiary/aromatic N) is 5. The fourth-order valence-electron chi connectivity index (χ4n) is 5.22. The number of H-pyrrole nitrogens is 1. The number of fused-ring (bicyclic) bond motifs is 6. The molecule has 2 aliphatic rings. The van der Waals surface area contributed by atoms with Crippen LogP contribution >= 0.6 is 0 Å². The molecule has 3 aromatic heterocycles.